The number of aryl methyl sites for hydroxylation is 1. The number of nitrogens with one attached hydrogen (secondary N) is 1. The lowest BCUT2D eigenvalue weighted by atomic mass is 10.2. The van der Waals surface area contributed by atoms with E-state index >= 15 is 0 Å². The molecular weight excluding hydrogens is 226 g/mol. The molecule has 0 saturated heterocycles. The van der Waals surface area contributed by atoms with Crippen LogP contribution in [0.3, 0.4) is 0 Å². The third-order valence-electron chi connectivity index (χ3n) is 3.80. The van der Waals surface area contributed by atoms with Crippen LogP contribution >= 0.6 is 0 Å². The first-order valence-corrected chi connectivity index (χ1v) is 6.63. The highest BCUT2D eigenvalue weighted by molar-refractivity contribution is 5.37. The number of fused-ring (bicyclic) bond motifs is 1. The molecule has 0 unspecified atom stereocenters. The summed E-state index contributed by atoms with van der Waals surface area (Å²) in [6.45, 7) is 1.95. The Bertz CT molecular complexity index is 591. The molecule has 0 atom stereocenters. The van der Waals surface area contributed by atoms with Crippen LogP contribution in [-0.4, -0.2) is 25.9 Å². The minimum absolute atomic E-state index is 0.663. The first-order valence-electron chi connectivity index (χ1n) is 6.63. The standard InChI is InChI=1S/C13H17N5/c1-17-8-10(6-15-17)18-12-4-5-14-7-11(12)16-13(18)9-2-3-9/h6,8-9,14H,2-5,7H2,1H3. The summed E-state index contributed by atoms with van der Waals surface area (Å²) in [5, 5.41) is 7.70. The second-order valence-electron chi connectivity index (χ2n) is 5.27. The number of aromatic nitrogens is 4. The molecule has 1 fully saturated rings. The fourth-order valence-corrected chi connectivity index (χ4v) is 2.76. The predicted molar refractivity (Wildman–Crippen MR) is 67.7 cm³/mol. The van der Waals surface area contributed by atoms with Gasteiger partial charge in [0, 0.05) is 44.4 Å². The van der Waals surface area contributed by atoms with Crippen LogP contribution in [0.1, 0.15) is 36.0 Å². The van der Waals surface area contributed by atoms with Crippen LogP contribution in [0, 0.1) is 0 Å². The Morgan fingerprint density at radius 3 is 3.00 bits per heavy atom. The molecule has 5 heteroatoms. The van der Waals surface area contributed by atoms with E-state index in [1.807, 2.05) is 17.9 Å². The van der Waals surface area contributed by atoms with E-state index in [2.05, 4.69) is 21.2 Å². The third kappa shape index (κ3) is 1.50. The average molecular weight is 243 g/mol. The zero-order valence-electron chi connectivity index (χ0n) is 10.6. The van der Waals surface area contributed by atoms with Gasteiger partial charge in [-0.3, -0.25) is 9.25 Å². The molecular formula is C13H17N5. The Hall–Kier alpha value is -1.62. The Balaban J connectivity index is 1.90. The summed E-state index contributed by atoms with van der Waals surface area (Å²) in [5.41, 5.74) is 3.77. The SMILES string of the molecule is Cn1cc(-n2c(C3CC3)nc3c2CCNC3)cn1. The van der Waals surface area contributed by atoms with Crippen molar-refractivity contribution >= 4 is 0 Å². The molecule has 1 N–H and O–H groups in total. The minimum Gasteiger partial charge on any atom is -0.311 e. The number of hydrogen-bond acceptors (Lipinski definition) is 3. The van der Waals surface area contributed by atoms with Gasteiger partial charge >= 0.3 is 0 Å². The van der Waals surface area contributed by atoms with Gasteiger partial charge in [0.1, 0.15) is 5.82 Å². The molecule has 2 aromatic heterocycles. The van der Waals surface area contributed by atoms with Gasteiger partial charge < -0.3 is 5.32 Å². The van der Waals surface area contributed by atoms with Crippen molar-refractivity contribution in [2.45, 2.75) is 31.7 Å². The fourth-order valence-electron chi connectivity index (χ4n) is 2.76. The maximum atomic E-state index is 4.86. The van der Waals surface area contributed by atoms with Gasteiger partial charge in [-0.15, -0.1) is 0 Å². The van der Waals surface area contributed by atoms with Crippen LogP contribution in [0.4, 0.5) is 0 Å². The van der Waals surface area contributed by atoms with Crippen molar-refractivity contribution in [2.24, 2.45) is 7.05 Å². The van der Waals surface area contributed by atoms with E-state index in [1.165, 1.54) is 30.1 Å². The molecule has 0 spiro atoms. The van der Waals surface area contributed by atoms with Gasteiger partial charge in [0.2, 0.25) is 0 Å². The van der Waals surface area contributed by atoms with E-state index in [4.69, 9.17) is 4.98 Å². The van der Waals surface area contributed by atoms with Crippen molar-refractivity contribution in [3.63, 3.8) is 0 Å². The highest BCUT2D eigenvalue weighted by atomic mass is 15.3. The molecule has 18 heavy (non-hydrogen) atoms. The lowest BCUT2D eigenvalue weighted by molar-refractivity contribution is 0.619. The molecule has 0 amide bonds. The predicted octanol–water partition coefficient (Wildman–Crippen LogP) is 1.13. The van der Waals surface area contributed by atoms with E-state index in [0.29, 0.717) is 5.92 Å². The molecule has 1 saturated carbocycles. The van der Waals surface area contributed by atoms with Crippen LogP contribution < -0.4 is 5.32 Å². The second kappa shape index (κ2) is 3.68. The minimum atomic E-state index is 0.663. The van der Waals surface area contributed by atoms with Crippen molar-refractivity contribution < 1.29 is 0 Å². The monoisotopic (exact) mass is 243 g/mol. The molecule has 2 aromatic rings. The van der Waals surface area contributed by atoms with E-state index in [-0.39, 0.29) is 0 Å². The molecule has 1 aliphatic carbocycles. The van der Waals surface area contributed by atoms with Crippen molar-refractivity contribution in [1.29, 1.82) is 0 Å². The number of nitrogens with zero attached hydrogens (tertiary/aromatic N) is 4. The van der Waals surface area contributed by atoms with Crippen LogP contribution in [0.15, 0.2) is 12.4 Å². The third-order valence-corrected chi connectivity index (χ3v) is 3.80. The largest absolute Gasteiger partial charge is 0.311 e. The summed E-state index contributed by atoms with van der Waals surface area (Å²) in [6.07, 6.45) is 7.64. The fraction of sp³-hybridized carbons (Fsp3) is 0.538. The topological polar surface area (TPSA) is 47.7 Å². The summed E-state index contributed by atoms with van der Waals surface area (Å²) in [7, 11) is 1.96. The molecule has 0 radical (unpaired) electrons. The zero-order valence-corrected chi connectivity index (χ0v) is 10.6. The van der Waals surface area contributed by atoms with Gasteiger partial charge in [0.25, 0.3) is 0 Å². The van der Waals surface area contributed by atoms with Crippen molar-refractivity contribution in [1.82, 2.24) is 24.6 Å². The number of imidazole rings is 1. The normalized spacial score (nSPS) is 18.9. The molecule has 94 valence electrons. The quantitative estimate of drug-likeness (QED) is 0.860. The summed E-state index contributed by atoms with van der Waals surface area (Å²) < 4.78 is 4.21. The van der Waals surface area contributed by atoms with Gasteiger partial charge in [-0.25, -0.2) is 4.98 Å². The van der Waals surface area contributed by atoms with Crippen molar-refractivity contribution in [3.8, 4) is 5.69 Å². The summed E-state index contributed by atoms with van der Waals surface area (Å²) in [5.74, 6) is 1.91. The summed E-state index contributed by atoms with van der Waals surface area (Å²) in [6, 6.07) is 0. The van der Waals surface area contributed by atoms with Gasteiger partial charge in [0.15, 0.2) is 0 Å². The van der Waals surface area contributed by atoms with Crippen LogP contribution in [0.2, 0.25) is 0 Å². The van der Waals surface area contributed by atoms with Crippen molar-refractivity contribution in [3.05, 3.63) is 29.6 Å². The summed E-state index contributed by atoms with van der Waals surface area (Å²) >= 11 is 0. The molecule has 2 aliphatic rings. The van der Waals surface area contributed by atoms with Gasteiger partial charge in [-0.2, -0.15) is 5.10 Å². The average Bonchev–Trinajstić information content (AvgIpc) is 3.03. The van der Waals surface area contributed by atoms with Crippen LogP contribution in [-0.2, 0) is 20.0 Å². The van der Waals surface area contributed by atoms with Crippen LogP contribution in [0.25, 0.3) is 5.69 Å². The van der Waals surface area contributed by atoms with E-state index in [0.717, 1.165) is 25.2 Å². The summed E-state index contributed by atoms with van der Waals surface area (Å²) in [4.78, 5) is 4.86. The number of rotatable bonds is 2. The van der Waals surface area contributed by atoms with E-state index < -0.39 is 0 Å². The molecule has 3 heterocycles. The maximum absolute atomic E-state index is 4.86. The van der Waals surface area contributed by atoms with Gasteiger partial charge in [0.05, 0.1) is 17.6 Å². The Labute approximate surface area is 106 Å². The molecule has 5 nitrogen and oxygen atoms in total. The Morgan fingerprint density at radius 2 is 2.28 bits per heavy atom. The molecule has 0 bridgehead atoms. The Morgan fingerprint density at radius 1 is 1.39 bits per heavy atom. The molecule has 0 aromatic carbocycles. The van der Waals surface area contributed by atoms with E-state index in [1.54, 1.807) is 0 Å². The highest BCUT2D eigenvalue weighted by Crippen LogP contribution is 2.41. The zero-order chi connectivity index (χ0) is 12.1. The number of hydrogen-bond donors (Lipinski definition) is 1. The van der Waals surface area contributed by atoms with Gasteiger partial charge in [-0.05, 0) is 12.8 Å². The lowest BCUT2D eigenvalue weighted by Crippen LogP contribution is -2.24. The van der Waals surface area contributed by atoms with Gasteiger partial charge in [-0.1, -0.05) is 0 Å². The van der Waals surface area contributed by atoms with Crippen molar-refractivity contribution in [2.75, 3.05) is 6.54 Å². The first kappa shape index (κ1) is 10.3. The smallest absolute Gasteiger partial charge is 0.117 e. The first-order chi connectivity index (χ1) is 8.83. The molecule has 1 aliphatic heterocycles. The maximum Gasteiger partial charge on any atom is 0.117 e. The van der Waals surface area contributed by atoms with Crippen LogP contribution in [0.5, 0.6) is 0 Å². The molecule has 4 rings (SSSR count). The Kier molecular flexibility index (Phi) is 2.11. The lowest BCUT2D eigenvalue weighted by Gasteiger charge is -2.14. The highest BCUT2D eigenvalue weighted by Gasteiger charge is 2.32. The second-order valence-corrected chi connectivity index (χ2v) is 5.27. The van der Waals surface area contributed by atoms with E-state index in [9.17, 15) is 0 Å².